The molecule has 0 radical (unpaired) electrons. The number of benzene rings is 1. The van der Waals surface area contributed by atoms with Gasteiger partial charge >= 0.3 is 0 Å². The van der Waals surface area contributed by atoms with E-state index >= 15 is 0 Å². The van der Waals surface area contributed by atoms with E-state index in [1.165, 1.54) is 31.5 Å². The molecule has 0 bridgehead atoms. The Morgan fingerprint density at radius 2 is 1.94 bits per heavy atom. The lowest BCUT2D eigenvalue weighted by Crippen LogP contribution is -2.27. The normalized spacial score (nSPS) is 15.4. The van der Waals surface area contributed by atoms with Crippen molar-refractivity contribution in [3.05, 3.63) is 29.8 Å². The van der Waals surface area contributed by atoms with Crippen molar-refractivity contribution in [2.45, 2.75) is 32.2 Å². The number of rotatable bonds is 6. The topological polar surface area (TPSA) is 12.5 Å². The molecule has 0 aromatic heterocycles. The molecule has 1 fully saturated rings. The molecule has 1 aromatic carbocycles. The molecule has 2 rings (SSSR count). The second-order valence-corrected chi connectivity index (χ2v) is 4.46. The maximum atomic E-state index is 5.15. The first-order chi connectivity index (χ1) is 7.83. The third-order valence-corrected chi connectivity index (χ3v) is 3.32. The number of methoxy groups -OCH3 is 1. The zero-order chi connectivity index (χ0) is 11.4. The van der Waals surface area contributed by atoms with Gasteiger partial charge in [-0.1, -0.05) is 19.1 Å². The summed E-state index contributed by atoms with van der Waals surface area (Å²) in [5, 5.41) is 0. The number of likely N-dealkylation sites (N-methyl/N-ethyl adjacent to an activating group) is 1. The lowest BCUT2D eigenvalue weighted by atomic mass is 10.1. The van der Waals surface area contributed by atoms with E-state index in [0.29, 0.717) is 0 Å². The first kappa shape index (κ1) is 11.5. The first-order valence-electron chi connectivity index (χ1n) is 6.20. The molecule has 2 nitrogen and oxygen atoms in total. The van der Waals surface area contributed by atoms with Crippen LogP contribution in [0.1, 0.15) is 25.3 Å². The molecule has 0 heterocycles. The Bertz CT molecular complexity index is 316. The Kier molecular flexibility index (Phi) is 3.83. The average Bonchev–Trinajstić information content (AvgIpc) is 3.15. The minimum absolute atomic E-state index is 0.878. The van der Waals surface area contributed by atoms with Crippen LogP contribution in [0.2, 0.25) is 0 Å². The molecule has 0 aliphatic heterocycles. The van der Waals surface area contributed by atoms with E-state index in [1.807, 2.05) is 12.1 Å². The van der Waals surface area contributed by atoms with Gasteiger partial charge < -0.3 is 9.64 Å². The summed E-state index contributed by atoms with van der Waals surface area (Å²) in [4.78, 5) is 2.59. The van der Waals surface area contributed by atoms with E-state index in [2.05, 4.69) is 24.0 Å². The van der Waals surface area contributed by atoms with Crippen molar-refractivity contribution >= 4 is 0 Å². The zero-order valence-electron chi connectivity index (χ0n) is 10.3. The fourth-order valence-electron chi connectivity index (χ4n) is 2.10. The predicted octanol–water partition coefficient (Wildman–Crippen LogP) is 2.72. The number of hydrogen-bond acceptors (Lipinski definition) is 2. The van der Waals surface area contributed by atoms with Gasteiger partial charge in [0.15, 0.2) is 0 Å². The van der Waals surface area contributed by atoms with Crippen molar-refractivity contribution in [1.29, 1.82) is 0 Å². The second kappa shape index (κ2) is 5.35. The lowest BCUT2D eigenvalue weighted by molar-refractivity contribution is 0.281. The average molecular weight is 219 g/mol. The van der Waals surface area contributed by atoms with Crippen LogP contribution in [0, 0.1) is 0 Å². The fourth-order valence-corrected chi connectivity index (χ4v) is 2.10. The fraction of sp³-hybridized carbons (Fsp3) is 0.571. The standard InChI is InChI=1S/C14H21NO/c1-3-15(13-6-7-13)11-10-12-4-8-14(16-2)9-5-12/h4-5,8-9,13H,3,6-7,10-11H2,1-2H3. The van der Waals surface area contributed by atoms with Crippen molar-refractivity contribution in [3.63, 3.8) is 0 Å². The highest BCUT2D eigenvalue weighted by molar-refractivity contribution is 5.27. The Balaban J connectivity index is 1.83. The third-order valence-electron chi connectivity index (χ3n) is 3.32. The SMILES string of the molecule is CCN(CCc1ccc(OC)cc1)C1CC1. The van der Waals surface area contributed by atoms with Crippen LogP contribution in [0.5, 0.6) is 5.75 Å². The predicted molar refractivity (Wildman–Crippen MR) is 67.0 cm³/mol. The summed E-state index contributed by atoms with van der Waals surface area (Å²) in [5.74, 6) is 0.943. The molecule has 0 unspecified atom stereocenters. The third kappa shape index (κ3) is 2.99. The summed E-state index contributed by atoms with van der Waals surface area (Å²) in [6.07, 6.45) is 3.95. The molecular weight excluding hydrogens is 198 g/mol. The summed E-state index contributed by atoms with van der Waals surface area (Å²) in [6.45, 7) is 4.63. The molecule has 0 N–H and O–H groups in total. The highest BCUT2D eigenvalue weighted by atomic mass is 16.5. The van der Waals surface area contributed by atoms with Gasteiger partial charge in [0.25, 0.3) is 0 Å². The molecule has 16 heavy (non-hydrogen) atoms. The van der Waals surface area contributed by atoms with Gasteiger partial charge in [-0.2, -0.15) is 0 Å². The smallest absolute Gasteiger partial charge is 0.118 e. The van der Waals surface area contributed by atoms with E-state index in [-0.39, 0.29) is 0 Å². The van der Waals surface area contributed by atoms with Gasteiger partial charge in [0.2, 0.25) is 0 Å². The molecule has 1 saturated carbocycles. The molecule has 0 amide bonds. The summed E-state index contributed by atoms with van der Waals surface area (Å²) in [5.41, 5.74) is 1.40. The van der Waals surface area contributed by atoms with Crippen LogP contribution in [0.25, 0.3) is 0 Å². The largest absolute Gasteiger partial charge is 0.497 e. The second-order valence-electron chi connectivity index (χ2n) is 4.46. The van der Waals surface area contributed by atoms with Gasteiger partial charge in [0.1, 0.15) is 5.75 Å². The molecule has 2 heteroatoms. The van der Waals surface area contributed by atoms with Crippen LogP contribution in [0.15, 0.2) is 24.3 Å². The highest BCUT2D eigenvalue weighted by Crippen LogP contribution is 2.26. The maximum Gasteiger partial charge on any atom is 0.118 e. The van der Waals surface area contributed by atoms with Gasteiger partial charge in [-0.25, -0.2) is 0 Å². The molecular formula is C14H21NO. The Morgan fingerprint density at radius 1 is 1.25 bits per heavy atom. The number of ether oxygens (including phenoxy) is 1. The lowest BCUT2D eigenvalue weighted by Gasteiger charge is -2.19. The number of nitrogens with zero attached hydrogens (tertiary/aromatic N) is 1. The minimum Gasteiger partial charge on any atom is -0.497 e. The summed E-state index contributed by atoms with van der Waals surface area (Å²) < 4.78 is 5.15. The highest BCUT2D eigenvalue weighted by Gasteiger charge is 2.27. The zero-order valence-corrected chi connectivity index (χ0v) is 10.3. The quantitative estimate of drug-likeness (QED) is 0.729. The molecule has 0 spiro atoms. The van der Waals surface area contributed by atoms with E-state index < -0.39 is 0 Å². The number of hydrogen-bond donors (Lipinski definition) is 0. The molecule has 1 aliphatic carbocycles. The Hall–Kier alpha value is -1.02. The summed E-state index contributed by atoms with van der Waals surface area (Å²) in [6, 6.07) is 9.30. The first-order valence-corrected chi connectivity index (χ1v) is 6.20. The molecule has 1 aromatic rings. The van der Waals surface area contributed by atoms with Crippen molar-refractivity contribution in [2.75, 3.05) is 20.2 Å². The van der Waals surface area contributed by atoms with Gasteiger partial charge in [-0.05, 0) is 43.5 Å². The van der Waals surface area contributed by atoms with Crippen molar-refractivity contribution < 1.29 is 4.74 Å². The van der Waals surface area contributed by atoms with Crippen LogP contribution in [-0.4, -0.2) is 31.1 Å². The van der Waals surface area contributed by atoms with Crippen molar-refractivity contribution in [2.24, 2.45) is 0 Å². The molecule has 88 valence electrons. The molecule has 0 atom stereocenters. The van der Waals surface area contributed by atoms with Crippen LogP contribution in [-0.2, 0) is 6.42 Å². The van der Waals surface area contributed by atoms with E-state index in [9.17, 15) is 0 Å². The van der Waals surface area contributed by atoms with Crippen LogP contribution in [0.4, 0.5) is 0 Å². The Morgan fingerprint density at radius 3 is 2.44 bits per heavy atom. The van der Waals surface area contributed by atoms with Crippen molar-refractivity contribution in [3.8, 4) is 5.75 Å². The maximum absolute atomic E-state index is 5.15. The monoisotopic (exact) mass is 219 g/mol. The van der Waals surface area contributed by atoms with Gasteiger partial charge in [0.05, 0.1) is 7.11 Å². The summed E-state index contributed by atoms with van der Waals surface area (Å²) >= 11 is 0. The molecule has 0 saturated heterocycles. The van der Waals surface area contributed by atoms with E-state index in [1.54, 1.807) is 7.11 Å². The minimum atomic E-state index is 0.878. The molecule has 1 aliphatic rings. The van der Waals surface area contributed by atoms with Gasteiger partial charge in [0, 0.05) is 12.6 Å². The Labute approximate surface area is 98.2 Å². The van der Waals surface area contributed by atoms with Crippen molar-refractivity contribution in [1.82, 2.24) is 4.90 Å². The van der Waals surface area contributed by atoms with Crippen LogP contribution < -0.4 is 4.74 Å². The van der Waals surface area contributed by atoms with E-state index in [4.69, 9.17) is 4.74 Å². The van der Waals surface area contributed by atoms with Crippen LogP contribution in [0.3, 0.4) is 0 Å². The van der Waals surface area contributed by atoms with E-state index in [0.717, 1.165) is 18.2 Å². The van der Waals surface area contributed by atoms with Crippen LogP contribution >= 0.6 is 0 Å². The van der Waals surface area contributed by atoms with Gasteiger partial charge in [-0.3, -0.25) is 0 Å². The summed E-state index contributed by atoms with van der Waals surface area (Å²) in [7, 11) is 1.71. The van der Waals surface area contributed by atoms with Gasteiger partial charge in [-0.15, -0.1) is 0 Å².